The van der Waals surface area contributed by atoms with Crippen LogP contribution in [-0.2, 0) is 20.9 Å². The Labute approximate surface area is 151 Å². The molecule has 6 heteroatoms. The third-order valence-electron chi connectivity index (χ3n) is 4.95. The van der Waals surface area contributed by atoms with Gasteiger partial charge in [0.2, 0.25) is 5.91 Å². The zero-order valence-electron chi connectivity index (χ0n) is 14.0. The van der Waals surface area contributed by atoms with Gasteiger partial charge in [-0.2, -0.15) is 0 Å². The topological polar surface area (TPSA) is 66.9 Å². The summed E-state index contributed by atoms with van der Waals surface area (Å²) in [7, 11) is 0. The molecule has 4 rings (SSSR count). The Morgan fingerprint density at radius 1 is 1.00 bits per heavy atom. The highest BCUT2D eigenvalue weighted by atomic mass is 16.6. The summed E-state index contributed by atoms with van der Waals surface area (Å²) in [6.45, 7) is 0.523. The predicted molar refractivity (Wildman–Crippen MR) is 93.0 cm³/mol. The number of nitrogens with zero attached hydrogens (tertiary/aromatic N) is 2. The van der Waals surface area contributed by atoms with Crippen LogP contribution >= 0.6 is 0 Å². The summed E-state index contributed by atoms with van der Waals surface area (Å²) >= 11 is 0. The number of amides is 2. The van der Waals surface area contributed by atoms with E-state index in [4.69, 9.17) is 4.74 Å². The molecule has 0 spiro atoms. The van der Waals surface area contributed by atoms with Gasteiger partial charge < -0.3 is 14.4 Å². The maximum absolute atomic E-state index is 12.8. The number of β-lactam (4-membered cyclic amide) rings is 1. The number of aldehydes is 1. The SMILES string of the molecule is O=C[C@H]1[C@@H](N2C(=O)OC[C@@H]2c2ccccc2)C(=O)N1Cc1ccccc1. The van der Waals surface area contributed by atoms with Crippen molar-refractivity contribution in [3.05, 3.63) is 71.8 Å². The summed E-state index contributed by atoms with van der Waals surface area (Å²) in [5, 5.41) is 0. The molecular weight excluding hydrogens is 332 g/mol. The molecule has 2 heterocycles. The highest BCUT2D eigenvalue weighted by Crippen LogP contribution is 2.36. The highest BCUT2D eigenvalue weighted by molar-refractivity contribution is 5.98. The van der Waals surface area contributed by atoms with E-state index in [9.17, 15) is 14.4 Å². The number of hydrogen-bond donors (Lipinski definition) is 0. The van der Waals surface area contributed by atoms with Gasteiger partial charge in [0.1, 0.15) is 25.0 Å². The molecule has 2 aliphatic rings. The summed E-state index contributed by atoms with van der Waals surface area (Å²) < 4.78 is 5.18. The van der Waals surface area contributed by atoms with Gasteiger partial charge >= 0.3 is 6.09 Å². The minimum Gasteiger partial charge on any atom is -0.447 e. The van der Waals surface area contributed by atoms with E-state index in [0.717, 1.165) is 17.4 Å². The minimum atomic E-state index is -0.809. The molecule has 2 amide bonds. The van der Waals surface area contributed by atoms with Crippen molar-refractivity contribution in [3.8, 4) is 0 Å². The fourth-order valence-electron chi connectivity index (χ4n) is 3.62. The smallest absolute Gasteiger partial charge is 0.411 e. The van der Waals surface area contributed by atoms with Crippen LogP contribution < -0.4 is 0 Å². The molecule has 0 bridgehead atoms. The Hall–Kier alpha value is -3.15. The zero-order valence-corrected chi connectivity index (χ0v) is 14.0. The lowest BCUT2D eigenvalue weighted by Gasteiger charge is -2.48. The zero-order chi connectivity index (χ0) is 18.1. The van der Waals surface area contributed by atoms with Crippen molar-refractivity contribution < 1.29 is 19.1 Å². The minimum absolute atomic E-state index is 0.177. The number of benzene rings is 2. The number of hydrogen-bond acceptors (Lipinski definition) is 4. The van der Waals surface area contributed by atoms with Crippen LogP contribution in [0.25, 0.3) is 0 Å². The molecule has 0 aromatic heterocycles. The molecule has 0 aliphatic carbocycles. The van der Waals surface area contributed by atoms with Gasteiger partial charge in [-0.1, -0.05) is 60.7 Å². The second-order valence-electron chi connectivity index (χ2n) is 6.43. The Kier molecular flexibility index (Phi) is 4.16. The number of rotatable bonds is 5. The molecule has 26 heavy (non-hydrogen) atoms. The lowest BCUT2D eigenvalue weighted by Crippen LogP contribution is -2.71. The van der Waals surface area contributed by atoms with E-state index < -0.39 is 18.2 Å². The Bertz CT molecular complexity index is 824. The average Bonchev–Trinajstić information content (AvgIpc) is 3.06. The molecule has 0 saturated carbocycles. The van der Waals surface area contributed by atoms with E-state index in [2.05, 4.69) is 0 Å². The molecular formula is C20H18N2O4. The van der Waals surface area contributed by atoms with Crippen molar-refractivity contribution in [1.82, 2.24) is 9.80 Å². The predicted octanol–water partition coefficient (Wildman–Crippen LogP) is 2.16. The van der Waals surface area contributed by atoms with E-state index in [1.54, 1.807) is 0 Å². The summed E-state index contributed by atoms with van der Waals surface area (Å²) in [5.41, 5.74) is 1.83. The van der Waals surface area contributed by atoms with E-state index in [-0.39, 0.29) is 18.6 Å². The van der Waals surface area contributed by atoms with E-state index in [0.29, 0.717) is 6.54 Å². The first kappa shape index (κ1) is 16.3. The maximum atomic E-state index is 12.8. The van der Waals surface area contributed by atoms with Crippen LogP contribution in [0.2, 0.25) is 0 Å². The molecule has 132 valence electrons. The first-order valence-corrected chi connectivity index (χ1v) is 8.50. The van der Waals surface area contributed by atoms with Crippen molar-refractivity contribution in [2.75, 3.05) is 6.61 Å². The van der Waals surface area contributed by atoms with Crippen molar-refractivity contribution in [2.24, 2.45) is 0 Å². The number of carbonyl (C=O) groups excluding carboxylic acids is 3. The van der Waals surface area contributed by atoms with Crippen molar-refractivity contribution >= 4 is 18.3 Å². The van der Waals surface area contributed by atoms with Gasteiger partial charge in [0.05, 0.1) is 6.04 Å². The molecule has 0 radical (unpaired) electrons. The van der Waals surface area contributed by atoms with Crippen LogP contribution in [0.1, 0.15) is 17.2 Å². The fraction of sp³-hybridized carbons (Fsp3) is 0.250. The monoisotopic (exact) mass is 350 g/mol. The van der Waals surface area contributed by atoms with Crippen LogP contribution in [0.4, 0.5) is 4.79 Å². The normalized spacial score (nSPS) is 25.0. The van der Waals surface area contributed by atoms with Crippen LogP contribution in [-0.4, -0.2) is 46.8 Å². The second kappa shape index (κ2) is 6.63. The molecule has 2 aliphatic heterocycles. The van der Waals surface area contributed by atoms with Crippen LogP contribution in [0.3, 0.4) is 0 Å². The molecule has 2 saturated heterocycles. The number of cyclic esters (lactones) is 1. The third kappa shape index (κ3) is 2.63. The number of ether oxygens (including phenoxy) is 1. The van der Waals surface area contributed by atoms with Crippen molar-refractivity contribution in [1.29, 1.82) is 0 Å². The lowest BCUT2D eigenvalue weighted by atomic mass is 9.91. The van der Waals surface area contributed by atoms with Gasteiger partial charge in [0.15, 0.2) is 0 Å². The summed E-state index contributed by atoms with van der Waals surface area (Å²) in [6.07, 6.45) is 0.186. The number of likely N-dealkylation sites (tertiary alicyclic amines) is 1. The average molecular weight is 350 g/mol. The van der Waals surface area contributed by atoms with Gasteiger partial charge in [-0.3, -0.25) is 9.69 Å². The molecule has 2 fully saturated rings. The summed E-state index contributed by atoms with van der Waals surface area (Å²) in [6, 6.07) is 17.0. The quantitative estimate of drug-likeness (QED) is 0.612. The molecule has 2 aromatic rings. The van der Waals surface area contributed by atoms with Crippen molar-refractivity contribution in [3.63, 3.8) is 0 Å². The van der Waals surface area contributed by atoms with Gasteiger partial charge in [0.25, 0.3) is 0 Å². The molecule has 0 unspecified atom stereocenters. The third-order valence-corrected chi connectivity index (χ3v) is 4.95. The van der Waals surface area contributed by atoms with Crippen molar-refractivity contribution in [2.45, 2.75) is 24.7 Å². The molecule has 0 N–H and O–H groups in total. The Morgan fingerprint density at radius 2 is 1.65 bits per heavy atom. The van der Waals surface area contributed by atoms with Gasteiger partial charge in [-0.15, -0.1) is 0 Å². The van der Waals surface area contributed by atoms with Gasteiger partial charge in [-0.25, -0.2) is 4.79 Å². The molecule has 3 atom stereocenters. The first-order chi connectivity index (χ1) is 12.7. The van der Waals surface area contributed by atoms with Crippen LogP contribution in [0, 0.1) is 0 Å². The van der Waals surface area contributed by atoms with Crippen LogP contribution in [0.15, 0.2) is 60.7 Å². The second-order valence-corrected chi connectivity index (χ2v) is 6.43. The van der Waals surface area contributed by atoms with E-state index in [1.165, 1.54) is 9.80 Å². The van der Waals surface area contributed by atoms with E-state index >= 15 is 0 Å². The first-order valence-electron chi connectivity index (χ1n) is 8.50. The van der Waals surface area contributed by atoms with E-state index in [1.807, 2.05) is 60.7 Å². The standard InChI is InChI=1S/C20H18N2O4/c23-12-16-18(19(24)21(16)11-14-7-3-1-4-8-14)22-17(13-26-20(22)25)15-9-5-2-6-10-15/h1-10,12,16-18H,11,13H2/t16-,17+,18+/m0/s1. The van der Waals surface area contributed by atoms with Crippen LogP contribution in [0.5, 0.6) is 0 Å². The highest BCUT2D eigenvalue weighted by Gasteiger charge is 2.56. The van der Waals surface area contributed by atoms with Gasteiger partial charge in [0, 0.05) is 6.54 Å². The Morgan fingerprint density at radius 3 is 2.31 bits per heavy atom. The summed E-state index contributed by atoms with van der Waals surface area (Å²) in [5.74, 6) is -0.231. The maximum Gasteiger partial charge on any atom is 0.411 e. The molecule has 6 nitrogen and oxygen atoms in total. The Balaban J connectivity index is 1.57. The largest absolute Gasteiger partial charge is 0.447 e. The number of carbonyl (C=O) groups is 3. The lowest BCUT2D eigenvalue weighted by molar-refractivity contribution is -0.161. The fourth-order valence-corrected chi connectivity index (χ4v) is 3.62. The van der Waals surface area contributed by atoms with Gasteiger partial charge in [-0.05, 0) is 11.1 Å². The summed E-state index contributed by atoms with van der Waals surface area (Å²) in [4.78, 5) is 39.6. The molecule has 2 aromatic carbocycles.